The van der Waals surface area contributed by atoms with Crippen molar-refractivity contribution in [2.45, 2.75) is 45.3 Å². The van der Waals surface area contributed by atoms with Gasteiger partial charge in [0.1, 0.15) is 0 Å². The fraction of sp³-hybridized carbons (Fsp3) is 0.647. The topological polar surface area (TPSA) is 26.7 Å². The summed E-state index contributed by atoms with van der Waals surface area (Å²) in [5.41, 5.74) is 2.23. The summed E-state index contributed by atoms with van der Waals surface area (Å²) in [5.74, 6) is 0. The lowest BCUT2D eigenvalue weighted by atomic mass is 10.0. The molecule has 0 aromatic heterocycles. The molecular weight excluding hydrogens is 248 g/mol. The van der Waals surface area contributed by atoms with E-state index in [1.807, 2.05) is 19.1 Å². The maximum Gasteiger partial charge on any atom is 0.0807 e. The molecule has 1 aromatic rings. The van der Waals surface area contributed by atoms with Gasteiger partial charge in [-0.1, -0.05) is 32.0 Å². The summed E-state index contributed by atoms with van der Waals surface area (Å²) in [6.07, 6.45) is 3.00. The lowest BCUT2D eigenvalue weighted by Crippen LogP contribution is -2.39. The zero-order chi connectivity index (χ0) is 14.5. The molecule has 3 nitrogen and oxygen atoms in total. The second kappa shape index (κ2) is 7.09. The number of aliphatic hydroxyl groups excluding tert-OH is 1. The fourth-order valence-corrected chi connectivity index (χ4v) is 3.27. The van der Waals surface area contributed by atoms with Crippen LogP contribution in [-0.4, -0.2) is 42.7 Å². The zero-order valence-corrected chi connectivity index (χ0v) is 13.0. The second-order valence-electron chi connectivity index (χ2n) is 5.79. The number of para-hydroxylation sites is 1. The monoisotopic (exact) mass is 276 g/mol. The van der Waals surface area contributed by atoms with Crippen molar-refractivity contribution in [3.63, 3.8) is 0 Å². The second-order valence-corrected chi connectivity index (χ2v) is 5.79. The SMILES string of the molecule is CC[C@@H](O)c1ccccc1N(C)CC1CCCN1CC. The van der Waals surface area contributed by atoms with Gasteiger partial charge in [0.15, 0.2) is 0 Å². The number of likely N-dealkylation sites (tertiary alicyclic amines) is 1. The number of rotatable bonds is 6. The third-order valence-corrected chi connectivity index (χ3v) is 4.48. The zero-order valence-electron chi connectivity index (χ0n) is 13.0. The summed E-state index contributed by atoms with van der Waals surface area (Å²) in [5, 5.41) is 10.2. The molecule has 112 valence electrons. The van der Waals surface area contributed by atoms with Crippen molar-refractivity contribution in [1.29, 1.82) is 0 Å². The first-order chi connectivity index (χ1) is 9.67. The highest BCUT2D eigenvalue weighted by Crippen LogP contribution is 2.28. The maximum absolute atomic E-state index is 10.2. The molecule has 0 aliphatic carbocycles. The predicted molar refractivity (Wildman–Crippen MR) is 85.2 cm³/mol. The van der Waals surface area contributed by atoms with E-state index >= 15 is 0 Å². The molecule has 1 saturated heterocycles. The maximum atomic E-state index is 10.2. The van der Waals surface area contributed by atoms with Gasteiger partial charge in [-0.3, -0.25) is 4.90 Å². The number of anilines is 1. The molecule has 0 spiro atoms. The fourth-order valence-electron chi connectivity index (χ4n) is 3.27. The van der Waals surface area contributed by atoms with E-state index in [0.717, 1.165) is 25.1 Å². The molecule has 1 heterocycles. The van der Waals surface area contributed by atoms with E-state index < -0.39 is 0 Å². The van der Waals surface area contributed by atoms with Crippen molar-refractivity contribution in [1.82, 2.24) is 4.90 Å². The minimum Gasteiger partial charge on any atom is -0.388 e. The van der Waals surface area contributed by atoms with E-state index in [0.29, 0.717) is 6.04 Å². The molecule has 1 aromatic carbocycles. The van der Waals surface area contributed by atoms with E-state index in [-0.39, 0.29) is 6.10 Å². The Hall–Kier alpha value is -1.06. The first-order valence-corrected chi connectivity index (χ1v) is 7.89. The number of hydrogen-bond acceptors (Lipinski definition) is 3. The van der Waals surface area contributed by atoms with Crippen molar-refractivity contribution in [2.24, 2.45) is 0 Å². The summed E-state index contributed by atoms with van der Waals surface area (Å²) in [6, 6.07) is 8.89. The Morgan fingerprint density at radius 3 is 2.80 bits per heavy atom. The summed E-state index contributed by atoms with van der Waals surface area (Å²) in [7, 11) is 2.15. The van der Waals surface area contributed by atoms with Crippen LogP contribution in [0.2, 0.25) is 0 Å². The number of hydrogen-bond donors (Lipinski definition) is 1. The van der Waals surface area contributed by atoms with Gasteiger partial charge in [0, 0.05) is 30.9 Å². The Labute approximate surface area is 123 Å². The van der Waals surface area contributed by atoms with E-state index in [9.17, 15) is 5.11 Å². The van der Waals surface area contributed by atoms with Gasteiger partial charge in [-0.05, 0) is 38.4 Å². The van der Waals surface area contributed by atoms with Crippen LogP contribution in [0.25, 0.3) is 0 Å². The molecule has 2 atom stereocenters. The third-order valence-electron chi connectivity index (χ3n) is 4.48. The van der Waals surface area contributed by atoms with Gasteiger partial charge in [-0.25, -0.2) is 0 Å². The van der Waals surface area contributed by atoms with Crippen LogP contribution < -0.4 is 4.90 Å². The summed E-state index contributed by atoms with van der Waals surface area (Å²) in [4.78, 5) is 4.88. The molecule has 20 heavy (non-hydrogen) atoms. The normalized spacial score (nSPS) is 21.1. The van der Waals surface area contributed by atoms with Crippen LogP contribution in [0.1, 0.15) is 44.8 Å². The smallest absolute Gasteiger partial charge is 0.0807 e. The Morgan fingerprint density at radius 2 is 2.10 bits per heavy atom. The Bertz CT molecular complexity index is 421. The van der Waals surface area contributed by atoms with Crippen molar-refractivity contribution >= 4 is 5.69 Å². The molecule has 0 saturated carbocycles. The highest BCUT2D eigenvalue weighted by Gasteiger charge is 2.25. The van der Waals surface area contributed by atoms with Crippen LogP contribution in [0.3, 0.4) is 0 Å². The molecule has 2 rings (SSSR count). The van der Waals surface area contributed by atoms with Gasteiger partial charge in [-0.15, -0.1) is 0 Å². The molecule has 1 unspecified atom stereocenters. The van der Waals surface area contributed by atoms with Crippen LogP contribution >= 0.6 is 0 Å². The molecule has 0 bridgehead atoms. The number of nitrogens with zero attached hydrogens (tertiary/aromatic N) is 2. The van der Waals surface area contributed by atoms with E-state index in [1.54, 1.807) is 0 Å². The summed E-state index contributed by atoms with van der Waals surface area (Å²) in [6.45, 7) is 7.68. The van der Waals surface area contributed by atoms with Gasteiger partial charge < -0.3 is 10.0 Å². The number of likely N-dealkylation sites (N-methyl/N-ethyl adjacent to an activating group) is 2. The lowest BCUT2D eigenvalue weighted by Gasteiger charge is -2.30. The Morgan fingerprint density at radius 1 is 1.35 bits per heavy atom. The molecule has 1 aliphatic rings. The van der Waals surface area contributed by atoms with Gasteiger partial charge in [0.2, 0.25) is 0 Å². The minimum absolute atomic E-state index is 0.362. The molecule has 0 amide bonds. The average Bonchev–Trinajstić information content (AvgIpc) is 2.93. The minimum atomic E-state index is -0.362. The molecule has 1 N–H and O–H groups in total. The van der Waals surface area contributed by atoms with Crippen LogP contribution in [0.15, 0.2) is 24.3 Å². The Kier molecular flexibility index (Phi) is 5.44. The van der Waals surface area contributed by atoms with E-state index in [2.05, 4.69) is 35.9 Å². The van der Waals surface area contributed by atoms with Crippen molar-refractivity contribution in [3.8, 4) is 0 Å². The van der Waals surface area contributed by atoms with Gasteiger partial charge in [0.05, 0.1) is 6.10 Å². The molecule has 1 fully saturated rings. The van der Waals surface area contributed by atoms with Crippen LogP contribution in [0, 0.1) is 0 Å². The van der Waals surface area contributed by atoms with Gasteiger partial charge >= 0.3 is 0 Å². The molecular formula is C17H28N2O. The van der Waals surface area contributed by atoms with Crippen molar-refractivity contribution in [2.75, 3.05) is 31.6 Å². The van der Waals surface area contributed by atoms with Crippen molar-refractivity contribution < 1.29 is 5.11 Å². The first-order valence-electron chi connectivity index (χ1n) is 7.89. The first kappa shape index (κ1) is 15.3. The van der Waals surface area contributed by atoms with Crippen molar-refractivity contribution in [3.05, 3.63) is 29.8 Å². The van der Waals surface area contributed by atoms with Crippen LogP contribution in [0.4, 0.5) is 5.69 Å². The van der Waals surface area contributed by atoms with Gasteiger partial charge in [-0.2, -0.15) is 0 Å². The lowest BCUT2D eigenvalue weighted by molar-refractivity contribution is 0.174. The number of benzene rings is 1. The van der Waals surface area contributed by atoms with Crippen LogP contribution in [0.5, 0.6) is 0 Å². The number of aliphatic hydroxyl groups is 1. The van der Waals surface area contributed by atoms with Gasteiger partial charge in [0.25, 0.3) is 0 Å². The molecule has 3 heteroatoms. The van der Waals surface area contributed by atoms with E-state index in [4.69, 9.17) is 0 Å². The highest BCUT2D eigenvalue weighted by molar-refractivity contribution is 5.54. The average molecular weight is 276 g/mol. The molecule has 1 aliphatic heterocycles. The quantitative estimate of drug-likeness (QED) is 0.865. The molecule has 0 radical (unpaired) electrons. The van der Waals surface area contributed by atoms with Crippen LogP contribution in [-0.2, 0) is 0 Å². The highest BCUT2D eigenvalue weighted by atomic mass is 16.3. The third kappa shape index (κ3) is 3.33. The predicted octanol–water partition coefficient (Wildman–Crippen LogP) is 3.05. The largest absolute Gasteiger partial charge is 0.388 e. The summed E-state index contributed by atoms with van der Waals surface area (Å²) < 4.78 is 0. The van der Waals surface area contributed by atoms with E-state index in [1.165, 1.54) is 25.1 Å². The summed E-state index contributed by atoms with van der Waals surface area (Å²) >= 11 is 0. The standard InChI is InChI=1S/C17H28N2O/c1-4-17(20)15-10-6-7-11-16(15)18(3)13-14-9-8-12-19(14)5-2/h6-7,10-11,14,17,20H,4-5,8-9,12-13H2,1-3H3/t14?,17-/m1/s1. The Balaban J connectivity index is 2.11.